The first-order valence-electron chi connectivity index (χ1n) is 6.03. The number of hydroxylamine groups is 1. The minimum absolute atomic E-state index is 0.236. The fourth-order valence-corrected chi connectivity index (χ4v) is 1.99. The van der Waals surface area contributed by atoms with Crippen molar-refractivity contribution in [2.45, 2.75) is 26.4 Å². The van der Waals surface area contributed by atoms with Gasteiger partial charge < -0.3 is 0 Å². The van der Waals surface area contributed by atoms with Crippen LogP contribution in [-0.4, -0.2) is 11.5 Å². The molecule has 0 atom stereocenters. The molecule has 2 aromatic rings. The minimum atomic E-state index is -0.405. The Kier molecular flexibility index (Phi) is 3.92. The van der Waals surface area contributed by atoms with Gasteiger partial charge in [-0.1, -0.05) is 28.1 Å². The summed E-state index contributed by atoms with van der Waals surface area (Å²) in [6.45, 7) is 5.64. The molecule has 0 fully saturated rings. The Hall–Kier alpha value is -1.39. The summed E-state index contributed by atoms with van der Waals surface area (Å²) >= 11 is 3.43. The second-order valence-electron chi connectivity index (χ2n) is 5.35. The molecule has 2 rings (SSSR count). The third kappa shape index (κ3) is 3.78. The van der Waals surface area contributed by atoms with Gasteiger partial charge in [0, 0.05) is 10.0 Å². The summed E-state index contributed by atoms with van der Waals surface area (Å²) in [6, 6.07) is 11.5. The highest BCUT2D eigenvalue weighted by Gasteiger charge is 2.14. The van der Waals surface area contributed by atoms with Crippen LogP contribution < -0.4 is 5.48 Å². The molecule has 0 aromatic heterocycles. The number of amides is 1. The van der Waals surface area contributed by atoms with Gasteiger partial charge in [0.15, 0.2) is 0 Å². The topological polar surface area (TPSA) is 38.3 Å². The van der Waals surface area contributed by atoms with E-state index in [1.54, 1.807) is 6.07 Å². The first-order chi connectivity index (χ1) is 8.85. The summed E-state index contributed by atoms with van der Waals surface area (Å²) in [5, 5.41) is 2.11. The van der Waals surface area contributed by atoms with Crippen LogP contribution in [0.4, 0.5) is 0 Å². The van der Waals surface area contributed by atoms with Crippen molar-refractivity contribution in [2.24, 2.45) is 0 Å². The highest BCUT2D eigenvalue weighted by molar-refractivity contribution is 9.10. The van der Waals surface area contributed by atoms with Crippen molar-refractivity contribution in [2.75, 3.05) is 0 Å². The summed E-state index contributed by atoms with van der Waals surface area (Å²) in [4.78, 5) is 17.2. The van der Waals surface area contributed by atoms with E-state index in [9.17, 15) is 4.79 Å². The molecule has 3 nitrogen and oxygen atoms in total. The van der Waals surface area contributed by atoms with E-state index in [0.717, 1.165) is 15.2 Å². The van der Waals surface area contributed by atoms with Gasteiger partial charge in [0.25, 0.3) is 5.91 Å². The third-order valence-electron chi connectivity index (χ3n) is 2.51. The van der Waals surface area contributed by atoms with E-state index in [1.807, 2.05) is 51.1 Å². The number of hydrogen-bond acceptors (Lipinski definition) is 2. The molecule has 0 spiro atoms. The summed E-state index contributed by atoms with van der Waals surface area (Å²) in [5.74, 6) is -0.236. The fraction of sp³-hybridized carbons (Fsp3) is 0.267. The van der Waals surface area contributed by atoms with Crippen molar-refractivity contribution >= 4 is 32.6 Å². The molecule has 1 amide bonds. The maximum absolute atomic E-state index is 12.0. The average molecular weight is 322 g/mol. The van der Waals surface area contributed by atoms with Gasteiger partial charge in [-0.2, -0.15) is 0 Å². The van der Waals surface area contributed by atoms with E-state index in [0.29, 0.717) is 5.56 Å². The molecule has 0 aliphatic rings. The predicted molar refractivity (Wildman–Crippen MR) is 80.0 cm³/mol. The van der Waals surface area contributed by atoms with E-state index in [1.165, 1.54) is 0 Å². The maximum Gasteiger partial charge on any atom is 0.274 e. The van der Waals surface area contributed by atoms with Crippen molar-refractivity contribution in [3.63, 3.8) is 0 Å². The number of nitrogens with one attached hydrogen (secondary N) is 1. The summed E-state index contributed by atoms with van der Waals surface area (Å²) in [7, 11) is 0. The van der Waals surface area contributed by atoms with E-state index in [4.69, 9.17) is 4.84 Å². The van der Waals surface area contributed by atoms with E-state index in [-0.39, 0.29) is 5.91 Å². The number of fused-ring (bicyclic) bond motifs is 1. The van der Waals surface area contributed by atoms with Gasteiger partial charge in [-0.15, -0.1) is 0 Å². The normalized spacial score (nSPS) is 11.6. The molecule has 1 N–H and O–H groups in total. The smallest absolute Gasteiger partial charge is 0.268 e. The van der Waals surface area contributed by atoms with Crippen LogP contribution in [0.2, 0.25) is 0 Å². The molecular formula is C15H16BrNO2. The van der Waals surface area contributed by atoms with Crippen LogP contribution in [0.3, 0.4) is 0 Å². The first kappa shape index (κ1) is 14.0. The molecular weight excluding hydrogens is 306 g/mol. The molecule has 2 aromatic carbocycles. The first-order valence-corrected chi connectivity index (χ1v) is 6.82. The van der Waals surface area contributed by atoms with Gasteiger partial charge in [-0.3, -0.25) is 9.63 Å². The number of carbonyl (C=O) groups is 1. The fourth-order valence-electron chi connectivity index (χ4n) is 1.62. The monoisotopic (exact) mass is 321 g/mol. The molecule has 0 aliphatic carbocycles. The van der Waals surface area contributed by atoms with Gasteiger partial charge in [-0.25, -0.2) is 5.48 Å². The van der Waals surface area contributed by atoms with Crippen molar-refractivity contribution in [1.29, 1.82) is 0 Å². The molecule has 0 aliphatic heterocycles. The minimum Gasteiger partial charge on any atom is -0.268 e. The van der Waals surface area contributed by atoms with Crippen molar-refractivity contribution in [3.8, 4) is 0 Å². The Morgan fingerprint density at radius 2 is 1.74 bits per heavy atom. The lowest BCUT2D eigenvalue weighted by atomic mass is 10.1. The quantitative estimate of drug-likeness (QED) is 0.847. The summed E-state index contributed by atoms with van der Waals surface area (Å²) in [6.07, 6.45) is 0. The van der Waals surface area contributed by atoms with Gasteiger partial charge in [0.1, 0.15) is 0 Å². The standard InChI is InChI=1S/C15H16BrNO2/c1-15(2,3)19-17-14(18)12-5-4-11-9-13(16)7-6-10(11)8-12/h4-9H,1-3H3,(H,17,18). The lowest BCUT2D eigenvalue weighted by Crippen LogP contribution is -2.33. The van der Waals surface area contributed by atoms with Gasteiger partial charge >= 0.3 is 0 Å². The van der Waals surface area contributed by atoms with E-state index in [2.05, 4.69) is 21.4 Å². The predicted octanol–water partition coefficient (Wildman–Crippen LogP) is 4.06. The molecule has 0 saturated heterocycles. The van der Waals surface area contributed by atoms with E-state index >= 15 is 0 Å². The number of hydrogen-bond donors (Lipinski definition) is 1. The Morgan fingerprint density at radius 3 is 2.42 bits per heavy atom. The van der Waals surface area contributed by atoms with Gasteiger partial charge in [-0.05, 0) is 55.8 Å². The van der Waals surface area contributed by atoms with Crippen LogP contribution in [0, 0.1) is 0 Å². The summed E-state index contributed by atoms with van der Waals surface area (Å²) in [5.41, 5.74) is 2.64. The van der Waals surface area contributed by atoms with Gasteiger partial charge in [0.05, 0.1) is 5.60 Å². The second kappa shape index (κ2) is 5.31. The Balaban J connectivity index is 2.21. The molecule has 0 bridgehead atoms. The highest BCUT2D eigenvalue weighted by atomic mass is 79.9. The molecule has 0 saturated carbocycles. The van der Waals surface area contributed by atoms with Crippen molar-refractivity contribution in [3.05, 3.63) is 46.4 Å². The number of carbonyl (C=O) groups excluding carboxylic acids is 1. The van der Waals surface area contributed by atoms with Crippen LogP contribution in [0.25, 0.3) is 10.8 Å². The van der Waals surface area contributed by atoms with Crippen LogP contribution >= 0.6 is 15.9 Å². The number of rotatable bonds is 2. The number of halogens is 1. The largest absolute Gasteiger partial charge is 0.274 e. The average Bonchev–Trinajstić information content (AvgIpc) is 2.34. The summed E-state index contributed by atoms with van der Waals surface area (Å²) < 4.78 is 1.02. The zero-order valence-corrected chi connectivity index (χ0v) is 12.7. The molecule has 0 radical (unpaired) electrons. The number of benzene rings is 2. The van der Waals surface area contributed by atoms with Crippen molar-refractivity contribution < 1.29 is 9.63 Å². The molecule has 19 heavy (non-hydrogen) atoms. The third-order valence-corrected chi connectivity index (χ3v) is 3.01. The molecule has 0 unspecified atom stereocenters. The van der Waals surface area contributed by atoms with Crippen LogP contribution in [0.1, 0.15) is 31.1 Å². The van der Waals surface area contributed by atoms with Gasteiger partial charge in [0.2, 0.25) is 0 Å². The van der Waals surface area contributed by atoms with Crippen LogP contribution in [0.15, 0.2) is 40.9 Å². The second-order valence-corrected chi connectivity index (χ2v) is 6.27. The van der Waals surface area contributed by atoms with E-state index < -0.39 is 5.60 Å². The lowest BCUT2D eigenvalue weighted by Gasteiger charge is -2.19. The van der Waals surface area contributed by atoms with Crippen molar-refractivity contribution in [1.82, 2.24) is 5.48 Å². The Labute approximate surface area is 121 Å². The lowest BCUT2D eigenvalue weighted by molar-refractivity contribution is -0.0589. The molecule has 4 heteroatoms. The van der Waals surface area contributed by atoms with Crippen LogP contribution in [-0.2, 0) is 4.84 Å². The van der Waals surface area contributed by atoms with Crippen LogP contribution in [0.5, 0.6) is 0 Å². The maximum atomic E-state index is 12.0. The Morgan fingerprint density at radius 1 is 1.11 bits per heavy atom. The zero-order chi connectivity index (χ0) is 14.0. The Bertz CT molecular complexity index is 617. The molecule has 100 valence electrons. The SMILES string of the molecule is CC(C)(C)ONC(=O)c1ccc2cc(Br)ccc2c1. The zero-order valence-electron chi connectivity index (χ0n) is 11.2. The highest BCUT2D eigenvalue weighted by Crippen LogP contribution is 2.21. The molecule has 0 heterocycles.